The molecule has 0 spiro atoms. The molecular formula is C14H17NO. The summed E-state index contributed by atoms with van der Waals surface area (Å²) in [5, 5.41) is 3.54. The van der Waals surface area contributed by atoms with E-state index in [1.54, 1.807) is 0 Å². The van der Waals surface area contributed by atoms with Crippen LogP contribution in [0.25, 0.3) is 0 Å². The van der Waals surface area contributed by atoms with E-state index in [4.69, 9.17) is 0 Å². The van der Waals surface area contributed by atoms with E-state index in [2.05, 4.69) is 31.3 Å². The van der Waals surface area contributed by atoms with Gasteiger partial charge in [0.05, 0.1) is 0 Å². The van der Waals surface area contributed by atoms with Gasteiger partial charge in [0.15, 0.2) is 0 Å². The van der Waals surface area contributed by atoms with Crippen LogP contribution in [0, 0.1) is 13.8 Å². The molecule has 1 aromatic carbocycles. The lowest BCUT2D eigenvalue weighted by Gasteiger charge is -2.24. The molecule has 1 aliphatic heterocycles. The third-order valence-electron chi connectivity index (χ3n) is 3.91. The maximum Gasteiger partial charge on any atom is 0.134 e. The van der Waals surface area contributed by atoms with E-state index in [1.165, 1.54) is 22.4 Å². The molecule has 0 saturated heterocycles. The van der Waals surface area contributed by atoms with Crippen LogP contribution in [0.3, 0.4) is 0 Å². The van der Waals surface area contributed by atoms with Gasteiger partial charge in [0.1, 0.15) is 5.78 Å². The van der Waals surface area contributed by atoms with Crippen LogP contribution in [0.5, 0.6) is 0 Å². The molecular weight excluding hydrogens is 198 g/mol. The SMILES string of the molecule is Cc1cc(C)c2c(c1)C1CCC(=O)CC1N2. The number of carbonyl (C=O) groups is 1. The number of nitrogens with one attached hydrogen (secondary N) is 1. The Labute approximate surface area is 96.1 Å². The van der Waals surface area contributed by atoms with Gasteiger partial charge in [-0.05, 0) is 31.4 Å². The van der Waals surface area contributed by atoms with E-state index in [1.807, 2.05) is 0 Å². The first kappa shape index (κ1) is 9.88. The molecule has 0 amide bonds. The lowest BCUT2D eigenvalue weighted by atomic mass is 9.81. The minimum atomic E-state index is 0.358. The second-order valence-corrected chi connectivity index (χ2v) is 5.18. The molecule has 1 aliphatic carbocycles. The third kappa shape index (κ3) is 1.36. The minimum absolute atomic E-state index is 0.358. The van der Waals surface area contributed by atoms with Gasteiger partial charge in [-0.3, -0.25) is 4.79 Å². The van der Waals surface area contributed by atoms with Crippen molar-refractivity contribution in [2.75, 3.05) is 5.32 Å². The fraction of sp³-hybridized carbons (Fsp3) is 0.500. The molecule has 0 aromatic heterocycles. The fourth-order valence-corrected chi connectivity index (χ4v) is 3.21. The van der Waals surface area contributed by atoms with Gasteiger partial charge in [0.2, 0.25) is 0 Å². The van der Waals surface area contributed by atoms with Crippen LogP contribution in [0.15, 0.2) is 12.1 Å². The van der Waals surface area contributed by atoms with Crippen LogP contribution in [-0.2, 0) is 4.79 Å². The highest BCUT2D eigenvalue weighted by Crippen LogP contribution is 2.44. The van der Waals surface area contributed by atoms with Crippen molar-refractivity contribution in [3.05, 3.63) is 28.8 Å². The van der Waals surface area contributed by atoms with Crippen molar-refractivity contribution in [3.8, 4) is 0 Å². The normalized spacial score (nSPS) is 27.2. The zero-order valence-corrected chi connectivity index (χ0v) is 9.84. The number of hydrogen-bond donors (Lipinski definition) is 1. The Morgan fingerprint density at radius 3 is 2.94 bits per heavy atom. The van der Waals surface area contributed by atoms with Gasteiger partial charge in [0, 0.05) is 30.5 Å². The number of carbonyl (C=O) groups excluding carboxylic acids is 1. The Bertz CT molecular complexity index is 464. The first-order chi connectivity index (χ1) is 7.65. The van der Waals surface area contributed by atoms with Crippen molar-refractivity contribution in [2.24, 2.45) is 0 Å². The van der Waals surface area contributed by atoms with Crippen molar-refractivity contribution >= 4 is 11.5 Å². The maximum atomic E-state index is 11.5. The van der Waals surface area contributed by atoms with Gasteiger partial charge >= 0.3 is 0 Å². The van der Waals surface area contributed by atoms with Gasteiger partial charge in [0.25, 0.3) is 0 Å². The molecule has 1 aromatic rings. The summed E-state index contributed by atoms with van der Waals surface area (Å²) in [5.74, 6) is 0.974. The lowest BCUT2D eigenvalue weighted by Crippen LogP contribution is -2.29. The van der Waals surface area contributed by atoms with E-state index in [0.717, 1.165) is 12.8 Å². The van der Waals surface area contributed by atoms with Crippen molar-refractivity contribution in [1.82, 2.24) is 0 Å². The van der Waals surface area contributed by atoms with E-state index in [-0.39, 0.29) is 0 Å². The Morgan fingerprint density at radius 1 is 1.31 bits per heavy atom. The van der Waals surface area contributed by atoms with Gasteiger partial charge < -0.3 is 5.32 Å². The summed E-state index contributed by atoms with van der Waals surface area (Å²) in [6.45, 7) is 4.30. The van der Waals surface area contributed by atoms with Crippen molar-refractivity contribution in [2.45, 2.75) is 45.1 Å². The number of aryl methyl sites for hydroxylation is 2. The second kappa shape index (κ2) is 3.34. The van der Waals surface area contributed by atoms with E-state index >= 15 is 0 Å². The predicted molar refractivity (Wildman–Crippen MR) is 64.9 cm³/mol. The number of hydrogen-bond acceptors (Lipinski definition) is 2. The highest BCUT2D eigenvalue weighted by Gasteiger charge is 2.37. The Hall–Kier alpha value is -1.31. The number of anilines is 1. The average molecular weight is 215 g/mol. The monoisotopic (exact) mass is 215 g/mol. The number of fused-ring (bicyclic) bond motifs is 3. The topological polar surface area (TPSA) is 29.1 Å². The Morgan fingerprint density at radius 2 is 2.12 bits per heavy atom. The highest BCUT2D eigenvalue weighted by molar-refractivity contribution is 5.82. The highest BCUT2D eigenvalue weighted by atomic mass is 16.1. The maximum absolute atomic E-state index is 11.5. The molecule has 2 aliphatic rings. The van der Waals surface area contributed by atoms with Crippen molar-refractivity contribution in [3.63, 3.8) is 0 Å². The largest absolute Gasteiger partial charge is 0.381 e. The lowest BCUT2D eigenvalue weighted by molar-refractivity contribution is -0.120. The summed E-state index contributed by atoms with van der Waals surface area (Å²) in [4.78, 5) is 11.5. The quantitative estimate of drug-likeness (QED) is 0.721. The third-order valence-corrected chi connectivity index (χ3v) is 3.91. The molecule has 2 heteroatoms. The first-order valence-corrected chi connectivity index (χ1v) is 6.04. The van der Waals surface area contributed by atoms with E-state index < -0.39 is 0 Å². The zero-order valence-electron chi connectivity index (χ0n) is 9.84. The predicted octanol–water partition coefficient (Wildman–Crippen LogP) is 2.93. The van der Waals surface area contributed by atoms with Crippen LogP contribution in [0.2, 0.25) is 0 Å². The Balaban J connectivity index is 2.04. The number of ketones is 1. The summed E-state index contributed by atoms with van der Waals surface area (Å²) in [6, 6.07) is 4.86. The molecule has 16 heavy (non-hydrogen) atoms. The molecule has 84 valence electrons. The van der Waals surface area contributed by atoms with Crippen molar-refractivity contribution < 1.29 is 4.79 Å². The van der Waals surface area contributed by atoms with E-state index in [0.29, 0.717) is 24.2 Å². The van der Waals surface area contributed by atoms with Crippen LogP contribution in [-0.4, -0.2) is 11.8 Å². The molecule has 3 rings (SSSR count). The summed E-state index contributed by atoms with van der Waals surface area (Å²) >= 11 is 0. The zero-order chi connectivity index (χ0) is 11.3. The summed E-state index contributed by atoms with van der Waals surface area (Å²) in [5.41, 5.74) is 5.37. The number of benzene rings is 1. The first-order valence-electron chi connectivity index (χ1n) is 6.04. The summed E-state index contributed by atoms with van der Waals surface area (Å²) in [6.07, 6.45) is 2.49. The Kier molecular flexibility index (Phi) is 2.06. The summed E-state index contributed by atoms with van der Waals surface area (Å²) < 4.78 is 0. The molecule has 2 unspecified atom stereocenters. The number of rotatable bonds is 0. The fourth-order valence-electron chi connectivity index (χ4n) is 3.21. The van der Waals surface area contributed by atoms with Gasteiger partial charge in [-0.1, -0.05) is 17.7 Å². The van der Waals surface area contributed by atoms with Gasteiger partial charge in [-0.15, -0.1) is 0 Å². The summed E-state index contributed by atoms with van der Waals surface area (Å²) in [7, 11) is 0. The molecule has 0 radical (unpaired) electrons. The van der Waals surface area contributed by atoms with Gasteiger partial charge in [-0.25, -0.2) is 0 Å². The molecule has 1 heterocycles. The molecule has 1 saturated carbocycles. The van der Waals surface area contributed by atoms with Crippen LogP contribution in [0.1, 0.15) is 41.9 Å². The average Bonchev–Trinajstić information content (AvgIpc) is 2.56. The smallest absolute Gasteiger partial charge is 0.134 e. The molecule has 0 bridgehead atoms. The molecule has 1 N–H and O–H groups in total. The number of Topliss-reactive ketones (excluding diaryl/α,β-unsaturated/α-hetero) is 1. The van der Waals surface area contributed by atoms with Crippen LogP contribution >= 0.6 is 0 Å². The molecule has 2 nitrogen and oxygen atoms in total. The van der Waals surface area contributed by atoms with Gasteiger partial charge in [-0.2, -0.15) is 0 Å². The van der Waals surface area contributed by atoms with Crippen molar-refractivity contribution in [1.29, 1.82) is 0 Å². The standard InChI is InChI=1S/C14H17NO/c1-8-5-9(2)14-12(6-8)11-4-3-10(16)7-13(11)15-14/h5-6,11,13,15H,3-4,7H2,1-2H3. The van der Waals surface area contributed by atoms with E-state index in [9.17, 15) is 4.79 Å². The molecule has 2 atom stereocenters. The van der Waals surface area contributed by atoms with Crippen LogP contribution in [0.4, 0.5) is 5.69 Å². The second-order valence-electron chi connectivity index (χ2n) is 5.18. The molecule has 1 fully saturated rings. The minimum Gasteiger partial charge on any atom is -0.381 e. The van der Waals surface area contributed by atoms with Crippen LogP contribution < -0.4 is 5.32 Å².